The van der Waals surface area contributed by atoms with Crippen molar-refractivity contribution in [3.63, 3.8) is 0 Å². The zero-order chi connectivity index (χ0) is 68.8. The van der Waals surface area contributed by atoms with Gasteiger partial charge in [-0.3, -0.25) is 58.8 Å². The topological polar surface area (TPSA) is 441 Å². The number of anilines is 1. The highest BCUT2D eigenvalue weighted by atomic mass is 19.1. The summed E-state index contributed by atoms with van der Waals surface area (Å²) in [4.78, 5) is 139. The van der Waals surface area contributed by atoms with Gasteiger partial charge in [0.1, 0.15) is 62.1 Å². The van der Waals surface area contributed by atoms with E-state index in [9.17, 15) is 57.1 Å². The zero-order valence-electron chi connectivity index (χ0n) is 53.1. The number of amides is 9. The molecule has 97 heavy (non-hydrogen) atoms. The summed E-state index contributed by atoms with van der Waals surface area (Å²) in [5.41, 5.74) is 16.2. The Kier molecular flexibility index (Phi) is 42.0. The Bertz CT molecular complexity index is 3010. The number of piperidine rings is 2. The maximum Gasteiger partial charge on any atom is 0.407 e. The van der Waals surface area contributed by atoms with Gasteiger partial charge in [0, 0.05) is 67.7 Å². The number of esters is 2. The second-order valence-corrected chi connectivity index (χ2v) is 21.4. The number of azide groups is 2. The standard InChI is InChI=1S/C27H36N6O10.C19H36N4O8.C13H9FN2O4.3CH4/c1-2-10-39-13-14-42-18(16-43-23(35)17-41-12-9-30-32-28)15-40-11-8-29-20-5-3-4-19-24(20)27(38)33(26(19)37)21-6-7-22(34)31-25(21)36;1-5-8-26-11-12-29-16(14-30-17(24)15-28-10-7-22-23-20)13-27-9-6-21-18(25)31-19(2,3)4;14-7-3-1-2-6-10(7)13(20)16(12(6)19)8-4-5-9(17)15-11(8)18;;;/h3-5,18,21,29H,2,6-17H2,1H3,(H,31,34,36);16H,5-15H2,1-4H3,(H,21,25);1-3,8H,4-5H2,(H,15,17,18);3*1H4/t18-,21?;16-;;;;/m11..../s1. The second kappa shape index (κ2) is 47.2. The molecule has 2 fully saturated rings. The monoisotopic (exact) mass is 1380 g/mol. The molecule has 4 heterocycles. The molecule has 2 aromatic carbocycles. The average Bonchev–Trinajstić information content (AvgIpc) is 1.62. The zero-order valence-corrected chi connectivity index (χ0v) is 53.1. The highest BCUT2D eigenvalue weighted by Crippen LogP contribution is 2.33. The number of hydrogen-bond acceptors (Lipinski definition) is 25. The van der Waals surface area contributed by atoms with Crippen LogP contribution in [0.1, 0.15) is 137 Å². The fraction of sp³-hybridized carbons (Fsp3) is 0.629. The summed E-state index contributed by atoms with van der Waals surface area (Å²) in [5.74, 6) is -6.99. The Balaban J connectivity index is 0.000000763. The van der Waals surface area contributed by atoms with Gasteiger partial charge in [0.2, 0.25) is 23.6 Å². The third-order valence-electron chi connectivity index (χ3n) is 12.9. The van der Waals surface area contributed by atoms with Crippen LogP contribution >= 0.6 is 0 Å². The van der Waals surface area contributed by atoms with Gasteiger partial charge in [0.25, 0.3) is 23.6 Å². The molecule has 4 atom stereocenters. The van der Waals surface area contributed by atoms with Gasteiger partial charge in [-0.15, -0.1) is 0 Å². The predicted octanol–water partition coefficient (Wildman–Crippen LogP) is 5.54. The van der Waals surface area contributed by atoms with Crippen molar-refractivity contribution in [2.75, 3.05) is 137 Å². The lowest BCUT2D eigenvalue weighted by molar-refractivity contribution is -0.156. The van der Waals surface area contributed by atoms with E-state index in [1.807, 2.05) is 13.8 Å². The molecule has 0 spiro atoms. The first-order valence-corrected chi connectivity index (χ1v) is 30.2. The number of alkyl carbamates (subject to hydrolysis) is 1. The van der Waals surface area contributed by atoms with Gasteiger partial charge in [-0.25, -0.2) is 18.8 Å². The lowest BCUT2D eigenvalue weighted by Crippen LogP contribution is -2.54. The minimum absolute atomic E-state index is 0. The van der Waals surface area contributed by atoms with Crippen molar-refractivity contribution >= 4 is 71.0 Å². The van der Waals surface area contributed by atoms with Gasteiger partial charge in [0.05, 0.1) is 88.3 Å². The molecule has 0 radical (unpaired) electrons. The van der Waals surface area contributed by atoms with E-state index < -0.39 is 101 Å². The van der Waals surface area contributed by atoms with Gasteiger partial charge in [-0.05, 0) is 81.8 Å². The summed E-state index contributed by atoms with van der Waals surface area (Å²) in [7, 11) is 0. The van der Waals surface area contributed by atoms with E-state index in [1.165, 1.54) is 18.2 Å². The number of ether oxygens (including phenoxy) is 11. The van der Waals surface area contributed by atoms with E-state index >= 15 is 0 Å². The highest BCUT2D eigenvalue weighted by molar-refractivity contribution is 6.26. The predicted molar refractivity (Wildman–Crippen MR) is 344 cm³/mol. The molecule has 0 aromatic heterocycles. The Hall–Kier alpha value is -8.76. The first-order valence-electron chi connectivity index (χ1n) is 30.2. The van der Waals surface area contributed by atoms with Crippen LogP contribution in [0.2, 0.25) is 0 Å². The van der Waals surface area contributed by atoms with Crippen LogP contribution in [-0.2, 0) is 80.9 Å². The van der Waals surface area contributed by atoms with Crippen LogP contribution < -0.4 is 21.3 Å². The number of nitrogens with zero attached hydrogens (tertiary/aromatic N) is 8. The highest BCUT2D eigenvalue weighted by Gasteiger charge is 2.47. The number of nitrogens with one attached hydrogen (secondary N) is 4. The maximum absolute atomic E-state index is 13.7. The lowest BCUT2D eigenvalue weighted by Gasteiger charge is -2.27. The van der Waals surface area contributed by atoms with Gasteiger partial charge in [-0.1, -0.05) is 58.5 Å². The molecule has 2 unspecified atom stereocenters. The van der Waals surface area contributed by atoms with Crippen LogP contribution in [0, 0.1) is 5.82 Å². The van der Waals surface area contributed by atoms with E-state index in [0.717, 1.165) is 28.7 Å². The summed E-state index contributed by atoms with van der Waals surface area (Å²) < 4.78 is 72.7. The number of carbonyl (C=O) groups is 11. The summed E-state index contributed by atoms with van der Waals surface area (Å²) in [6.07, 6.45) is 0.369. The summed E-state index contributed by atoms with van der Waals surface area (Å²) >= 11 is 0. The fourth-order valence-electron chi connectivity index (χ4n) is 8.76. The molecule has 4 aliphatic heterocycles. The molecule has 35 heteroatoms. The molecule has 0 bridgehead atoms. The van der Waals surface area contributed by atoms with Crippen molar-refractivity contribution in [2.24, 2.45) is 10.2 Å². The number of halogens is 1. The number of benzene rings is 2. The van der Waals surface area contributed by atoms with Crippen LogP contribution in [0.15, 0.2) is 46.6 Å². The van der Waals surface area contributed by atoms with Crippen molar-refractivity contribution in [3.8, 4) is 0 Å². The van der Waals surface area contributed by atoms with E-state index in [2.05, 4.69) is 41.3 Å². The molecule has 2 saturated heterocycles. The SMILES string of the molecule is C.C.C.CCCOCCO[C@H](COCCNC(=O)OC(C)(C)C)COC(=O)COCCN=[N+]=[N-].CCCOCCO[C@H](COCCNc1cccc2c1C(=O)N(C1CCC(=O)NC1=O)C2=O)COC(=O)COCCN=[N+]=[N-].O=C1CCC(N2C(=O)c3cccc(F)c3C2=O)C(=O)N1. The lowest BCUT2D eigenvalue weighted by atomic mass is 10.0. The molecule has 6 rings (SSSR count). The molecular weight excluding hydrogens is 1280 g/mol. The Morgan fingerprint density at radius 3 is 1.48 bits per heavy atom. The van der Waals surface area contributed by atoms with E-state index in [4.69, 9.17) is 63.2 Å². The largest absolute Gasteiger partial charge is 0.461 e. The number of hydrogen-bond donors (Lipinski definition) is 4. The Morgan fingerprint density at radius 2 is 1.04 bits per heavy atom. The van der Waals surface area contributed by atoms with Gasteiger partial charge >= 0.3 is 18.0 Å². The van der Waals surface area contributed by atoms with E-state index in [1.54, 1.807) is 32.9 Å². The molecule has 2 aromatic rings. The van der Waals surface area contributed by atoms with Crippen molar-refractivity contribution in [1.82, 2.24) is 25.8 Å². The van der Waals surface area contributed by atoms with Crippen molar-refractivity contribution < 1.29 is 109 Å². The normalized spacial score (nSPS) is 15.9. The molecule has 0 aliphatic carbocycles. The maximum atomic E-state index is 13.7. The number of carbonyl (C=O) groups excluding carboxylic acids is 11. The quantitative estimate of drug-likeness (QED) is 0.0121. The molecule has 4 N–H and O–H groups in total. The first kappa shape index (κ1) is 86.3. The summed E-state index contributed by atoms with van der Waals surface area (Å²) in [6, 6.07) is 6.41. The number of fused-ring (bicyclic) bond motifs is 2. The smallest absolute Gasteiger partial charge is 0.407 e. The summed E-state index contributed by atoms with van der Waals surface area (Å²) in [6.45, 7) is 12.9. The Labute approximate surface area is 562 Å². The molecule has 0 saturated carbocycles. The minimum Gasteiger partial charge on any atom is -0.461 e. The van der Waals surface area contributed by atoms with E-state index in [0.29, 0.717) is 38.7 Å². The van der Waals surface area contributed by atoms with Crippen LogP contribution in [-0.4, -0.2) is 237 Å². The van der Waals surface area contributed by atoms with Crippen molar-refractivity contribution in [1.29, 1.82) is 0 Å². The van der Waals surface area contributed by atoms with Crippen molar-refractivity contribution in [2.45, 2.75) is 125 Å². The van der Waals surface area contributed by atoms with E-state index in [-0.39, 0.29) is 169 Å². The van der Waals surface area contributed by atoms with Crippen LogP contribution in [0.4, 0.5) is 14.9 Å². The van der Waals surface area contributed by atoms with Gasteiger partial charge < -0.3 is 62.7 Å². The molecule has 9 amide bonds. The number of imide groups is 4. The van der Waals surface area contributed by atoms with Gasteiger partial charge in [-0.2, -0.15) is 0 Å². The van der Waals surface area contributed by atoms with Gasteiger partial charge in [0.15, 0.2) is 0 Å². The second-order valence-electron chi connectivity index (χ2n) is 21.4. The summed E-state index contributed by atoms with van der Waals surface area (Å²) in [5, 5.41) is 16.5. The minimum atomic E-state index is -1.07. The van der Waals surface area contributed by atoms with Crippen LogP contribution in [0.25, 0.3) is 20.9 Å². The van der Waals surface area contributed by atoms with Crippen LogP contribution in [0.3, 0.4) is 0 Å². The fourth-order valence-corrected chi connectivity index (χ4v) is 8.76. The first-order chi connectivity index (χ1) is 45.1. The molecule has 34 nitrogen and oxygen atoms in total. The average molecular weight is 1380 g/mol. The third kappa shape index (κ3) is 30.5. The molecule has 540 valence electrons. The third-order valence-corrected chi connectivity index (χ3v) is 12.9. The van der Waals surface area contributed by atoms with Crippen molar-refractivity contribution in [3.05, 3.63) is 85.4 Å². The Morgan fingerprint density at radius 1 is 0.588 bits per heavy atom. The number of rotatable bonds is 39. The van der Waals surface area contributed by atoms with Crippen LogP contribution in [0.5, 0.6) is 0 Å². The molecular formula is C62H93FN12O22. The molecule has 4 aliphatic rings.